The molecular formula is C18H26F3IN6OS. The molecule has 3 heterocycles. The van der Waals surface area contributed by atoms with Crippen molar-refractivity contribution >= 4 is 41.3 Å². The number of nitrogens with zero attached hydrogens (tertiary/aromatic N) is 4. The number of hydrogen-bond donors (Lipinski definition) is 2. The number of aliphatic imine (C=N–C) groups is 1. The Bertz CT molecular complexity index is 805. The summed E-state index contributed by atoms with van der Waals surface area (Å²) in [6.45, 7) is 3.61. The van der Waals surface area contributed by atoms with Crippen molar-refractivity contribution in [1.29, 1.82) is 0 Å². The topological polar surface area (TPSA) is 66.7 Å². The molecule has 168 valence electrons. The fraction of sp³-hybridized carbons (Fsp3) is 0.556. The first-order valence-corrected chi connectivity index (χ1v) is 10.2. The van der Waals surface area contributed by atoms with Crippen molar-refractivity contribution in [2.75, 3.05) is 39.9 Å². The van der Waals surface area contributed by atoms with Gasteiger partial charge < -0.3 is 15.4 Å². The van der Waals surface area contributed by atoms with Crippen LogP contribution in [0.25, 0.3) is 0 Å². The highest BCUT2D eigenvalue weighted by Crippen LogP contribution is 2.30. The minimum absolute atomic E-state index is 0. The molecule has 0 amide bonds. The van der Waals surface area contributed by atoms with Crippen LogP contribution in [0.2, 0.25) is 0 Å². The second-order valence-electron chi connectivity index (χ2n) is 6.66. The van der Waals surface area contributed by atoms with Crippen LogP contribution < -0.4 is 10.6 Å². The number of halogens is 4. The highest BCUT2D eigenvalue weighted by molar-refractivity contribution is 14.0. The first-order valence-electron chi connectivity index (χ1n) is 9.28. The molecule has 0 spiro atoms. The van der Waals surface area contributed by atoms with Crippen LogP contribution in [0.4, 0.5) is 13.2 Å². The molecule has 2 N–H and O–H groups in total. The number of morpholine rings is 1. The molecule has 1 aliphatic heterocycles. The van der Waals surface area contributed by atoms with Crippen molar-refractivity contribution in [3.05, 3.63) is 39.8 Å². The van der Waals surface area contributed by atoms with Crippen molar-refractivity contribution < 1.29 is 17.9 Å². The van der Waals surface area contributed by atoms with Crippen molar-refractivity contribution in [1.82, 2.24) is 25.3 Å². The van der Waals surface area contributed by atoms with Crippen molar-refractivity contribution in [3.8, 4) is 0 Å². The Kier molecular flexibility index (Phi) is 9.37. The summed E-state index contributed by atoms with van der Waals surface area (Å²) in [4.78, 5) is 7.72. The number of guanidine groups is 1. The largest absolute Gasteiger partial charge is 0.435 e. The summed E-state index contributed by atoms with van der Waals surface area (Å²) in [5.74, 6) is 0.441. The molecule has 1 aliphatic rings. The molecule has 0 aliphatic carbocycles. The lowest BCUT2D eigenvalue weighted by Gasteiger charge is -2.34. The van der Waals surface area contributed by atoms with Crippen LogP contribution in [0.3, 0.4) is 0 Å². The lowest BCUT2D eigenvalue weighted by Crippen LogP contribution is -2.46. The van der Waals surface area contributed by atoms with Crippen molar-refractivity contribution in [3.63, 3.8) is 0 Å². The average Bonchev–Trinajstić information content (AvgIpc) is 3.35. The number of aryl methyl sites for hydroxylation is 1. The van der Waals surface area contributed by atoms with Crippen LogP contribution in [-0.2, 0) is 24.5 Å². The van der Waals surface area contributed by atoms with Gasteiger partial charge in [0.25, 0.3) is 0 Å². The highest BCUT2D eigenvalue weighted by Gasteiger charge is 2.36. The molecule has 2 aromatic heterocycles. The van der Waals surface area contributed by atoms with Crippen LogP contribution in [0.1, 0.15) is 22.2 Å². The van der Waals surface area contributed by atoms with E-state index in [1.165, 1.54) is 22.8 Å². The Morgan fingerprint density at radius 1 is 1.33 bits per heavy atom. The molecule has 12 heteroatoms. The van der Waals surface area contributed by atoms with Gasteiger partial charge in [0.05, 0.1) is 19.3 Å². The van der Waals surface area contributed by atoms with Crippen molar-refractivity contribution in [2.45, 2.75) is 18.8 Å². The van der Waals surface area contributed by atoms with E-state index < -0.39 is 11.9 Å². The van der Waals surface area contributed by atoms with E-state index in [1.807, 2.05) is 11.4 Å². The molecule has 1 saturated heterocycles. The maximum atomic E-state index is 13.1. The van der Waals surface area contributed by atoms with E-state index in [-0.39, 0.29) is 42.1 Å². The first-order chi connectivity index (χ1) is 13.9. The average molecular weight is 558 g/mol. The zero-order valence-electron chi connectivity index (χ0n) is 16.8. The van der Waals surface area contributed by atoms with Gasteiger partial charge in [0.15, 0.2) is 11.7 Å². The fourth-order valence-corrected chi connectivity index (χ4v) is 4.14. The second-order valence-corrected chi connectivity index (χ2v) is 7.64. The van der Waals surface area contributed by atoms with E-state index in [0.29, 0.717) is 25.7 Å². The van der Waals surface area contributed by atoms with E-state index in [0.717, 1.165) is 13.1 Å². The van der Waals surface area contributed by atoms with E-state index in [9.17, 15) is 13.2 Å². The van der Waals surface area contributed by atoms with Crippen LogP contribution in [0, 0.1) is 0 Å². The number of ether oxygens (including phenoxy) is 1. The Labute approximate surface area is 194 Å². The third-order valence-corrected chi connectivity index (χ3v) is 5.64. The van der Waals surface area contributed by atoms with Gasteiger partial charge in [0.1, 0.15) is 0 Å². The summed E-state index contributed by atoms with van der Waals surface area (Å²) in [6.07, 6.45) is -3.12. The third-order valence-electron chi connectivity index (χ3n) is 4.66. The molecular weight excluding hydrogens is 532 g/mol. The summed E-state index contributed by atoms with van der Waals surface area (Å²) >= 11 is 1.68. The van der Waals surface area contributed by atoms with Crippen LogP contribution in [-0.4, -0.2) is 60.5 Å². The van der Waals surface area contributed by atoms with Gasteiger partial charge in [-0.3, -0.25) is 14.6 Å². The monoisotopic (exact) mass is 558 g/mol. The van der Waals surface area contributed by atoms with E-state index >= 15 is 0 Å². The Morgan fingerprint density at radius 2 is 2.07 bits per heavy atom. The summed E-state index contributed by atoms with van der Waals surface area (Å²) in [5, 5.41) is 11.8. The van der Waals surface area contributed by atoms with Gasteiger partial charge in [-0.1, -0.05) is 6.07 Å². The molecule has 7 nitrogen and oxygen atoms in total. The second kappa shape index (κ2) is 11.3. The predicted octanol–water partition coefficient (Wildman–Crippen LogP) is 2.86. The number of alkyl halides is 3. The SMILES string of the molecule is CN=C(NCc1cn(C)nc1C(F)(F)F)NCC(c1cccs1)N1CCOCC1.I. The quantitative estimate of drug-likeness (QED) is 0.325. The third kappa shape index (κ3) is 6.56. The maximum absolute atomic E-state index is 13.1. The molecule has 1 atom stereocenters. The minimum atomic E-state index is -4.49. The zero-order valence-corrected chi connectivity index (χ0v) is 19.9. The molecule has 0 bridgehead atoms. The number of nitrogens with one attached hydrogen (secondary N) is 2. The standard InChI is InChI=1S/C18H25F3N6OS.HI/c1-22-17(23-10-13-12-26(2)25-16(13)18(19,20)21)24-11-14(15-4-3-9-29-15)27-5-7-28-8-6-27;/h3-4,9,12,14H,5-8,10-11H2,1-2H3,(H2,22,23,24);1H. The van der Waals surface area contributed by atoms with Gasteiger partial charge in [-0.25, -0.2) is 0 Å². The molecule has 1 fully saturated rings. The maximum Gasteiger partial charge on any atom is 0.435 e. The van der Waals surface area contributed by atoms with Crippen LogP contribution >= 0.6 is 35.3 Å². The Balaban J connectivity index is 0.00000320. The predicted molar refractivity (Wildman–Crippen MR) is 121 cm³/mol. The van der Waals surface area contributed by atoms with E-state index in [2.05, 4.69) is 31.7 Å². The summed E-state index contributed by atoms with van der Waals surface area (Å²) in [5.41, 5.74) is -0.807. The smallest absolute Gasteiger partial charge is 0.379 e. The molecule has 0 saturated carbocycles. The minimum Gasteiger partial charge on any atom is -0.379 e. The number of rotatable bonds is 6. The van der Waals surface area contributed by atoms with Gasteiger partial charge in [0.2, 0.25) is 0 Å². The molecule has 3 rings (SSSR count). The molecule has 0 radical (unpaired) electrons. The van der Waals surface area contributed by atoms with E-state index in [1.54, 1.807) is 18.4 Å². The summed E-state index contributed by atoms with van der Waals surface area (Å²) in [6, 6.07) is 4.25. The highest BCUT2D eigenvalue weighted by atomic mass is 127. The number of aromatic nitrogens is 2. The summed E-state index contributed by atoms with van der Waals surface area (Å²) in [7, 11) is 3.07. The van der Waals surface area contributed by atoms with Gasteiger partial charge >= 0.3 is 6.18 Å². The van der Waals surface area contributed by atoms with Gasteiger partial charge in [-0.05, 0) is 11.4 Å². The van der Waals surface area contributed by atoms with Gasteiger partial charge in [-0.2, -0.15) is 18.3 Å². The summed E-state index contributed by atoms with van der Waals surface area (Å²) < 4.78 is 46.0. The first kappa shape index (κ1) is 24.9. The van der Waals surface area contributed by atoms with Crippen LogP contribution in [0.5, 0.6) is 0 Å². The molecule has 1 unspecified atom stereocenters. The number of hydrogen-bond acceptors (Lipinski definition) is 5. The Hall–Kier alpha value is -1.38. The van der Waals surface area contributed by atoms with Gasteiger partial charge in [0, 0.05) is 56.9 Å². The lowest BCUT2D eigenvalue weighted by molar-refractivity contribution is -0.142. The lowest BCUT2D eigenvalue weighted by atomic mass is 10.2. The van der Waals surface area contributed by atoms with Crippen molar-refractivity contribution in [2.24, 2.45) is 12.0 Å². The Morgan fingerprint density at radius 3 is 2.67 bits per heavy atom. The zero-order chi connectivity index (χ0) is 20.9. The molecule has 30 heavy (non-hydrogen) atoms. The number of thiophene rings is 1. The normalized spacial score (nSPS) is 16.8. The van der Waals surface area contributed by atoms with E-state index in [4.69, 9.17) is 4.74 Å². The molecule has 2 aromatic rings. The van der Waals surface area contributed by atoms with Crippen LogP contribution in [0.15, 0.2) is 28.7 Å². The fourth-order valence-electron chi connectivity index (χ4n) is 3.28. The molecule has 0 aromatic carbocycles. The van der Waals surface area contributed by atoms with Gasteiger partial charge in [-0.15, -0.1) is 35.3 Å².